The summed E-state index contributed by atoms with van der Waals surface area (Å²) >= 11 is 12.0. The summed E-state index contributed by atoms with van der Waals surface area (Å²) in [6, 6.07) is 0. The van der Waals surface area contributed by atoms with Gasteiger partial charge >= 0.3 is 0 Å². The summed E-state index contributed by atoms with van der Waals surface area (Å²) in [5.41, 5.74) is 2.73. The molecular weight excluding hydrogens is 259 g/mol. The highest BCUT2D eigenvalue weighted by atomic mass is 35.5. The predicted molar refractivity (Wildman–Crippen MR) is 68.5 cm³/mol. The standard InChI is InChI=1S/C11H14Cl2N4/c1-3-17-10(11(13)8(2)15-17)6-16-5-9(4-12)14-7-16/h5,7H,3-4,6H2,1-2H3. The number of imidazole rings is 1. The molecule has 2 aromatic rings. The average molecular weight is 273 g/mol. The van der Waals surface area contributed by atoms with Crippen molar-refractivity contribution < 1.29 is 0 Å². The molecule has 0 aliphatic heterocycles. The van der Waals surface area contributed by atoms with E-state index >= 15 is 0 Å². The van der Waals surface area contributed by atoms with Gasteiger partial charge in [-0.3, -0.25) is 4.68 Å². The van der Waals surface area contributed by atoms with E-state index < -0.39 is 0 Å². The molecule has 0 aromatic carbocycles. The van der Waals surface area contributed by atoms with Gasteiger partial charge in [0.05, 0.1) is 40.9 Å². The average Bonchev–Trinajstić information content (AvgIpc) is 2.89. The van der Waals surface area contributed by atoms with Gasteiger partial charge in [0.15, 0.2) is 0 Å². The van der Waals surface area contributed by atoms with Crippen molar-refractivity contribution in [3.05, 3.63) is 34.6 Å². The number of aromatic nitrogens is 4. The summed E-state index contributed by atoms with van der Waals surface area (Å²) in [7, 11) is 0. The first-order chi connectivity index (χ1) is 8.15. The van der Waals surface area contributed by atoms with Gasteiger partial charge < -0.3 is 4.57 Å². The van der Waals surface area contributed by atoms with Gasteiger partial charge in [0, 0.05) is 12.7 Å². The highest BCUT2D eigenvalue weighted by Gasteiger charge is 2.12. The molecule has 2 heterocycles. The van der Waals surface area contributed by atoms with Crippen molar-refractivity contribution in [1.29, 1.82) is 0 Å². The fraction of sp³-hybridized carbons (Fsp3) is 0.455. The van der Waals surface area contributed by atoms with Gasteiger partial charge in [0.2, 0.25) is 0 Å². The number of rotatable bonds is 4. The normalized spacial score (nSPS) is 11.1. The Morgan fingerprint density at radius 3 is 2.76 bits per heavy atom. The molecule has 92 valence electrons. The van der Waals surface area contributed by atoms with Crippen LogP contribution in [0.25, 0.3) is 0 Å². The van der Waals surface area contributed by atoms with Crippen LogP contribution in [0.1, 0.15) is 24.0 Å². The number of nitrogens with zero attached hydrogens (tertiary/aromatic N) is 4. The van der Waals surface area contributed by atoms with Gasteiger partial charge in [-0.05, 0) is 13.8 Å². The predicted octanol–water partition coefficient (Wildman–Crippen LogP) is 2.85. The van der Waals surface area contributed by atoms with Crippen LogP contribution in [-0.2, 0) is 19.0 Å². The van der Waals surface area contributed by atoms with Gasteiger partial charge in [0.1, 0.15) is 0 Å². The minimum Gasteiger partial charge on any atom is -0.331 e. The van der Waals surface area contributed by atoms with E-state index in [1.54, 1.807) is 6.33 Å². The summed E-state index contributed by atoms with van der Waals surface area (Å²) in [4.78, 5) is 4.18. The second kappa shape index (κ2) is 5.10. The molecule has 0 saturated heterocycles. The first-order valence-corrected chi connectivity index (χ1v) is 6.35. The van der Waals surface area contributed by atoms with Crippen LogP contribution in [0.3, 0.4) is 0 Å². The van der Waals surface area contributed by atoms with Crippen LogP contribution < -0.4 is 0 Å². The molecule has 2 aromatic heterocycles. The molecule has 0 aliphatic carbocycles. The van der Waals surface area contributed by atoms with Crippen LogP contribution in [-0.4, -0.2) is 19.3 Å². The van der Waals surface area contributed by atoms with E-state index in [1.807, 2.05) is 29.3 Å². The molecule has 0 unspecified atom stereocenters. The highest BCUT2D eigenvalue weighted by Crippen LogP contribution is 2.21. The second-order valence-corrected chi connectivity index (χ2v) is 4.48. The molecule has 0 atom stereocenters. The smallest absolute Gasteiger partial charge is 0.0953 e. The highest BCUT2D eigenvalue weighted by molar-refractivity contribution is 6.31. The van der Waals surface area contributed by atoms with Crippen molar-refractivity contribution in [2.75, 3.05) is 0 Å². The number of alkyl halides is 1. The van der Waals surface area contributed by atoms with Crippen molar-refractivity contribution in [3.63, 3.8) is 0 Å². The Kier molecular flexibility index (Phi) is 3.74. The van der Waals surface area contributed by atoms with E-state index in [1.165, 1.54) is 0 Å². The zero-order valence-corrected chi connectivity index (χ0v) is 11.3. The lowest BCUT2D eigenvalue weighted by Crippen LogP contribution is -2.07. The van der Waals surface area contributed by atoms with Crippen LogP contribution in [0.2, 0.25) is 5.02 Å². The van der Waals surface area contributed by atoms with Gasteiger partial charge in [-0.1, -0.05) is 11.6 Å². The van der Waals surface area contributed by atoms with E-state index in [2.05, 4.69) is 10.1 Å². The Morgan fingerprint density at radius 1 is 1.41 bits per heavy atom. The molecule has 0 fully saturated rings. The Bertz CT molecular complexity index is 516. The first-order valence-electron chi connectivity index (χ1n) is 5.44. The molecule has 0 radical (unpaired) electrons. The molecule has 0 bridgehead atoms. The lowest BCUT2D eigenvalue weighted by atomic mass is 10.3. The molecule has 0 spiro atoms. The Hall–Kier alpha value is -1.00. The largest absolute Gasteiger partial charge is 0.331 e. The maximum absolute atomic E-state index is 6.24. The van der Waals surface area contributed by atoms with Crippen LogP contribution >= 0.6 is 23.2 Å². The summed E-state index contributed by atoms with van der Waals surface area (Å²) in [5.74, 6) is 0.423. The van der Waals surface area contributed by atoms with Gasteiger partial charge in [-0.2, -0.15) is 5.10 Å². The molecule has 2 rings (SSSR count). The van der Waals surface area contributed by atoms with E-state index in [9.17, 15) is 0 Å². The van der Waals surface area contributed by atoms with Gasteiger partial charge in [0.25, 0.3) is 0 Å². The van der Waals surface area contributed by atoms with Crippen molar-refractivity contribution in [2.45, 2.75) is 32.8 Å². The van der Waals surface area contributed by atoms with Crippen LogP contribution in [0.15, 0.2) is 12.5 Å². The third-order valence-electron chi connectivity index (χ3n) is 2.61. The fourth-order valence-corrected chi connectivity index (χ4v) is 2.09. The van der Waals surface area contributed by atoms with Gasteiger partial charge in [-0.25, -0.2) is 4.98 Å². The van der Waals surface area contributed by atoms with Crippen LogP contribution in [0.4, 0.5) is 0 Å². The molecule has 6 heteroatoms. The maximum atomic E-state index is 6.24. The lowest BCUT2D eigenvalue weighted by Gasteiger charge is -2.05. The Balaban J connectivity index is 2.28. The number of hydrogen-bond donors (Lipinski definition) is 0. The van der Waals surface area contributed by atoms with E-state index in [4.69, 9.17) is 23.2 Å². The van der Waals surface area contributed by atoms with Crippen molar-refractivity contribution in [2.24, 2.45) is 0 Å². The SMILES string of the molecule is CCn1nc(C)c(Cl)c1Cn1cnc(CCl)c1. The molecule has 4 nitrogen and oxygen atoms in total. The minimum absolute atomic E-state index is 0.423. The zero-order valence-electron chi connectivity index (χ0n) is 9.82. The molecular formula is C11H14Cl2N4. The number of aryl methyl sites for hydroxylation is 2. The second-order valence-electron chi connectivity index (χ2n) is 3.83. The monoisotopic (exact) mass is 272 g/mol. The summed E-state index contributed by atoms with van der Waals surface area (Å²) in [6.45, 7) is 5.43. The van der Waals surface area contributed by atoms with E-state index in [0.717, 1.165) is 28.6 Å². The topological polar surface area (TPSA) is 35.6 Å². The number of hydrogen-bond acceptors (Lipinski definition) is 2. The summed E-state index contributed by atoms with van der Waals surface area (Å²) in [5, 5.41) is 5.11. The van der Waals surface area contributed by atoms with Crippen molar-refractivity contribution >= 4 is 23.2 Å². The molecule has 0 aliphatic rings. The molecule has 0 amide bonds. The van der Waals surface area contributed by atoms with E-state index in [-0.39, 0.29) is 0 Å². The summed E-state index contributed by atoms with van der Waals surface area (Å²) in [6.07, 6.45) is 3.68. The maximum Gasteiger partial charge on any atom is 0.0953 e. The number of halogens is 2. The van der Waals surface area contributed by atoms with Crippen LogP contribution in [0.5, 0.6) is 0 Å². The minimum atomic E-state index is 0.423. The summed E-state index contributed by atoms with van der Waals surface area (Å²) < 4.78 is 3.88. The first kappa shape index (κ1) is 12.5. The Labute approximate surface area is 110 Å². The third-order valence-corrected chi connectivity index (χ3v) is 3.37. The quantitative estimate of drug-likeness (QED) is 0.803. The van der Waals surface area contributed by atoms with Crippen LogP contribution in [0, 0.1) is 6.92 Å². The van der Waals surface area contributed by atoms with E-state index in [0.29, 0.717) is 12.4 Å². The van der Waals surface area contributed by atoms with Crippen molar-refractivity contribution in [3.8, 4) is 0 Å². The molecule has 17 heavy (non-hydrogen) atoms. The lowest BCUT2D eigenvalue weighted by molar-refractivity contribution is 0.597. The Morgan fingerprint density at radius 2 is 2.18 bits per heavy atom. The molecule has 0 saturated carbocycles. The van der Waals surface area contributed by atoms with Crippen molar-refractivity contribution in [1.82, 2.24) is 19.3 Å². The third kappa shape index (κ3) is 2.48. The van der Waals surface area contributed by atoms with Gasteiger partial charge in [-0.15, -0.1) is 11.6 Å². The fourth-order valence-electron chi connectivity index (χ4n) is 1.75. The zero-order chi connectivity index (χ0) is 12.4. The molecule has 0 N–H and O–H groups in total.